The van der Waals surface area contributed by atoms with Gasteiger partial charge in [0.25, 0.3) is 0 Å². The zero-order valence-corrected chi connectivity index (χ0v) is 18.0. The minimum atomic E-state index is 0.0371. The van der Waals surface area contributed by atoms with Crippen LogP contribution in [-0.4, -0.2) is 49.0 Å². The maximum atomic E-state index is 12.8. The Labute approximate surface area is 177 Å². The summed E-state index contributed by atoms with van der Waals surface area (Å²) in [5.74, 6) is 1.05. The number of pyridine rings is 1. The summed E-state index contributed by atoms with van der Waals surface area (Å²) in [6.45, 7) is 4.10. The van der Waals surface area contributed by atoms with Gasteiger partial charge < -0.3 is 10.2 Å². The number of thiophene rings is 1. The summed E-state index contributed by atoms with van der Waals surface area (Å²) in [5.41, 5.74) is 2.88. The minimum absolute atomic E-state index is 0.0371. The number of hydrogen-bond donors (Lipinski definition) is 2. The van der Waals surface area contributed by atoms with Crippen molar-refractivity contribution < 1.29 is 4.79 Å². The highest BCUT2D eigenvalue weighted by Gasteiger charge is 2.31. The second-order valence-electron chi connectivity index (χ2n) is 8.05. The number of H-pyrrole nitrogens is 1. The summed E-state index contributed by atoms with van der Waals surface area (Å²) in [4.78, 5) is 30.3. The van der Waals surface area contributed by atoms with E-state index < -0.39 is 0 Å². The van der Waals surface area contributed by atoms with Crippen molar-refractivity contribution in [3.8, 4) is 0 Å². The molecule has 4 aromatic heterocycles. The molecule has 8 nitrogen and oxygen atoms in total. The lowest BCUT2D eigenvalue weighted by atomic mass is 9.86. The van der Waals surface area contributed by atoms with E-state index >= 15 is 0 Å². The molecule has 9 heteroatoms. The van der Waals surface area contributed by atoms with Crippen LogP contribution in [0.15, 0.2) is 24.8 Å². The topological polar surface area (TPSA) is 99.7 Å². The van der Waals surface area contributed by atoms with Crippen LogP contribution >= 0.6 is 11.3 Å². The molecular weight excluding hydrogens is 398 g/mol. The lowest BCUT2D eigenvalue weighted by molar-refractivity contribution is -0.136. The van der Waals surface area contributed by atoms with E-state index in [0.29, 0.717) is 0 Å². The number of nitrogens with one attached hydrogen (secondary N) is 2. The van der Waals surface area contributed by atoms with Gasteiger partial charge in [-0.05, 0) is 44.7 Å². The molecule has 1 amide bonds. The molecule has 154 valence electrons. The van der Waals surface area contributed by atoms with Crippen LogP contribution in [0.3, 0.4) is 0 Å². The largest absolute Gasteiger partial charge is 0.343 e. The van der Waals surface area contributed by atoms with Crippen molar-refractivity contribution >= 4 is 50.0 Å². The smallest absolute Gasteiger partial charge is 0.226 e. The SMILES string of the molecule is CC(C)N(C)C(=O)C1CCc2c(sc3ncnc(Nc4cnc5[nH]ncc5c4)c23)C1. The quantitative estimate of drug-likeness (QED) is 0.521. The van der Waals surface area contributed by atoms with Gasteiger partial charge in [-0.1, -0.05) is 0 Å². The first kappa shape index (κ1) is 18.9. The molecule has 1 unspecified atom stereocenters. The highest BCUT2D eigenvalue weighted by Crippen LogP contribution is 2.40. The first-order chi connectivity index (χ1) is 14.5. The molecule has 30 heavy (non-hydrogen) atoms. The molecule has 0 saturated carbocycles. The van der Waals surface area contributed by atoms with Crippen LogP contribution in [0.2, 0.25) is 0 Å². The molecule has 0 bridgehead atoms. The number of aromatic nitrogens is 5. The molecule has 5 rings (SSSR count). The van der Waals surface area contributed by atoms with Gasteiger partial charge in [-0.2, -0.15) is 5.10 Å². The van der Waals surface area contributed by atoms with E-state index in [9.17, 15) is 4.79 Å². The third-order valence-corrected chi connectivity index (χ3v) is 7.03. The number of hydrogen-bond acceptors (Lipinski definition) is 7. The number of aryl methyl sites for hydroxylation is 1. The Morgan fingerprint density at radius 2 is 2.17 bits per heavy atom. The molecule has 1 aliphatic carbocycles. The normalized spacial score (nSPS) is 16.2. The summed E-state index contributed by atoms with van der Waals surface area (Å²) in [6.07, 6.45) is 7.59. The molecule has 0 radical (unpaired) electrons. The molecule has 1 aliphatic rings. The number of carbonyl (C=O) groups excluding carboxylic acids is 1. The molecule has 4 aromatic rings. The van der Waals surface area contributed by atoms with Crippen molar-refractivity contribution in [2.75, 3.05) is 12.4 Å². The van der Waals surface area contributed by atoms with Crippen molar-refractivity contribution in [3.05, 3.63) is 35.2 Å². The van der Waals surface area contributed by atoms with Crippen LogP contribution < -0.4 is 5.32 Å². The molecule has 0 spiro atoms. The first-order valence-electron chi connectivity index (χ1n) is 10.1. The molecule has 1 atom stereocenters. The number of anilines is 2. The van der Waals surface area contributed by atoms with Crippen molar-refractivity contribution in [1.82, 2.24) is 30.0 Å². The maximum Gasteiger partial charge on any atom is 0.226 e. The van der Waals surface area contributed by atoms with E-state index in [0.717, 1.165) is 52.0 Å². The predicted molar refractivity (Wildman–Crippen MR) is 118 cm³/mol. The highest BCUT2D eigenvalue weighted by molar-refractivity contribution is 7.19. The van der Waals surface area contributed by atoms with Gasteiger partial charge >= 0.3 is 0 Å². The predicted octanol–water partition coefficient (Wildman–Crippen LogP) is 3.68. The van der Waals surface area contributed by atoms with Gasteiger partial charge in [-0.25, -0.2) is 15.0 Å². The van der Waals surface area contributed by atoms with E-state index in [1.54, 1.807) is 30.1 Å². The van der Waals surface area contributed by atoms with Crippen LogP contribution in [-0.2, 0) is 17.6 Å². The number of fused-ring (bicyclic) bond motifs is 4. The standard InChI is InChI=1S/C21H23N7OS/c1-11(2)28(3)21(29)12-4-5-15-16(7-12)30-20-17(15)19(23-10-24-20)26-14-6-13-8-25-27-18(13)22-9-14/h6,8-12H,4-5,7H2,1-3H3,(H,22,25,27)(H,23,24,26). The van der Waals surface area contributed by atoms with Gasteiger partial charge in [-0.3, -0.25) is 9.89 Å². The van der Waals surface area contributed by atoms with Crippen LogP contribution in [0.25, 0.3) is 21.3 Å². The second-order valence-corrected chi connectivity index (χ2v) is 9.13. The van der Waals surface area contributed by atoms with Gasteiger partial charge in [-0.15, -0.1) is 11.3 Å². The van der Waals surface area contributed by atoms with Crippen LogP contribution in [0, 0.1) is 5.92 Å². The van der Waals surface area contributed by atoms with Gasteiger partial charge in [0, 0.05) is 29.3 Å². The number of aromatic amines is 1. The summed E-state index contributed by atoms with van der Waals surface area (Å²) in [6, 6.07) is 2.21. The monoisotopic (exact) mass is 421 g/mol. The first-order valence-corrected chi connectivity index (χ1v) is 10.9. The number of rotatable bonds is 4. The minimum Gasteiger partial charge on any atom is -0.343 e. The van der Waals surface area contributed by atoms with Crippen LogP contribution in [0.4, 0.5) is 11.5 Å². The van der Waals surface area contributed by atoms with Gasteiger partial charge in [0.15, 0.2) is 5.65 Å². The number of carbonyl (C=O) groups is 1. The fraction of sp³-hybridized carbons (Fsp3) is 0.381. The Bertz CT molecular complexity index is 1240. The summed E-state index contributed by atoms with van der Waals surface area (Å²) < 4.78 is 0. The van der Waals surface area contributed by atoms with Gasteiger partial charge in [0.05, 0.1) is 23.5 Å². The second kappa shape index (κ2) is 7.32. The average molecular weight is 422 g/mol. The van der Waals surface area contributed by atoms with E-state index in [1.165, 1.54) is 10.4 Å². The Balaban J connectivity index is 1.47. The number of nitrogens with zero attached hydrogens (tertiary/aromatic N) is 5. The van der Waals surface area contributed by atoms with Gasteiger partial charge in [0.2, 0.25) is 5.91 Å². The lowest BCUT2D eigenvalue weighted by Gasteiger charge is -2.29. The third kappa shape index (κ3) is 3.19. The third-order valence-electron chi connectivity index (χ3n) is 5.87. The number of amides is 1. The summed E-state index contributed by atoms with van der Waals surface area (Å²) in [7, 11) is 1.89. The van der Waals surface area contributed by atoms with Crippen LogP contribution in [0.1, 0.15) is 30.7 Å². The summed E-state index contributed by atoms with van der Waals surface area (Å²) >= 11 is 1.68. The zero-order valence-electron chi connectivity index (χ0n) is 17.1. The van der Waals surface area contributed by atoms with E-state index in [-0.39, 0.29) is 17.9 Å². The Kier molecular flexibility index (Phi) is 4.62. The van der Waals surface area contributed by atoms with E-state index in [1.807, 2.05) is 18.0 Å². The molecule has 4 heterocycles. The molecule has 2 N–H and O–H groups in total. The summed E-state index contributed by atoms with van der Waals surface area (Å²) in [5, 5.41) is 12.3. The van der Waals surface area contributed by atoms with Crippen molar-refractivity contribution in [3.63, 3.8) is 0 Å². The van der Waals surface area contributed by atoms with E-state index in [2.05, 4.69) is 44.3 Å². The molecule has 0 saturated heterocycles. The fourth-order valence-corrected chi connectivity index (χ4v) is 5.27. The van der Waals surface area contributed by atoms with Crippen molar-refractivity contribution in [2.24, 2.45) is 5.92 Å². The Morgan fingerprint density at radius 1 is 1.30 bits per heavy atom. The molecule has 0 fully saturated rings. The Hall–Kier alpha value is -3.07. The zero-order chi connectivity index (χ0) is 20.8. The molecular formula is C21H23N7OS. The lowest BCUT2D eigenvalue weighted by Crippen LogP contribution is -2.39. The maximum absolute atomic E-state index is 12.8. The van der Waals surface area contributed by atoms with Gasteiger partial charge in [0.1, 0.15) is 17.0 Å². The molecule has 0 aromatic carbocycles. The van der Waals surface area contributed by atoms with Crippen molar-refractivity contribution in [1.29, 1.82) is 0 Å². The Morgan fingerprint density at radius 3 is 3.00 bits per heavy atom. The van der Waals surface area contributed by atoms with Crippen LogP contribution in [0.5, 0.6) is 0 Å². The average Bonchev–Trinajstić information content (AvgIpc) is 3.36. The van der Waals surface area contributed by atoms with Crippen molar-refractivity contribution in [2.45, 2.75) is 39.2 Å². The highest BCUT2D eigenvalue weighted by atomic mass is 32.1. The molecule has 0 aliphatic heterocycles. The van der Waals surface area contributed by atoms with E-state index in [4.69, 9.17) is 0 Å². The fourth-order valence-electron chi connectivity index (χ4n) is 4.00.